The SMILES string of the molecule is Cc1c(-c2ccccc2)oc2c(C(=O)N3CCC(O)CC3)cccc2c1=O. The van der Waals surface area contributed by atoms with Gasteiger partial charge in [0.15, 0.2) is 11.0 Å². The molecule has 0 saturated carbocycles. The molecule has 27 heavy (non-hydrogen) atoms. The van der Waals surface area contributed by atoms with Crippen molar-refractivity contribution in [3.63, 3.8) is 0 Å². The summed E-state index contributed by atoms with van der Waals surface area (Å²) in [5.74, 6) is 0.320. The average Bonchev–Trinajstić information content (AvgIpc) is 2.71. The lowest BCUT2D eigenvalue weighted by atomic mass is 10.0. The second-order valence-corrected chi connectivity index (χ2v) is 6.96. The van der Waals surface area contributed by atoms with E-state index in [1.807, 2.05) is 30.3 Å². The van der Waals surface area contributed by atoms with E-state index in [1.165, 1.54) is 0 Å². The highest BCUT2D eigenvalue weighted by molar-refractivity contribution is 6.05. The van der Waals surface area contributed by atoms with Crippen molar-refractivity contribution in [1.29, 1.82) is 0 Å². The summed E-state index contributed by atoms with van der Waals surface area (Å²) in [6, 6.07) is 14.5. The van der Waals surface area contributed by atoms with Gasteiger partial charge in [0.05, 0.1) is 17.1 Å². The Balaban J connectivity index is 1.86. The van der Waals surface area contributed by atoms with Gasteiger partial charge in [0.2, 0.25) is 0 Å². The van der Waals surface area contributed by atoms with Crippen molar-refractivity contribution in [2.75, 3.05) is 13.1 Å². The molecule has 1 aromatic heterocycles. The van der Waals surface area contributed by atoms with Gasteiger partial charge >= 0.3 is 0 Å². The summed E-state index contributed by atoms with van der Waals surface area (Å²) in [4.78, 5) is 27.7. The third kappa shape index (κ3) is 3.15. The Hall–Kier alpha value is -2.92. The molecule has 1 aliphatic rings. The Kier molecular flexibility index (Phi) is 4.54. The fourth-order valence-corrected chi connectivity index (χ4v) is 3.58. The summed E-state index contributed by atoms with van der Waals surface area (Å²) in [6.07, 6.45) is 0.774. The number of aliphatic hydroxyl groups excluding tert-OH is 1. The lowest BCUT2D eigenvalue weighted by molar-refractivity contribution is 0.0547. The normalized spacial score (nSPS) is 15.3. The standard InChI is InChI=1S/C22H21NO4/c1-14-19(25)17-8-5-9-18(22(26)23-12-10-16(24)11-13-23)21(17)27-20(14)15-6-3-2-4-7-15/h2-9,16,24H,10-13H2,1H3. The van der Waals surface area contributed by atoms with Crippen LogP contribution < -0.4 is 5.43 Å². The van der Waals surface area contributed by atoms with Crippen LogP contribution in [-0.4, -0.2) is 35.1 Å². The zero-order chi connectivity index (χ0) is 19.0. The molecular formula is C22H21NO4. The highest BCUT2D eigenvalue weighted by atomic mass is 16.3. The van der Waals surface area contributed by atoms with Crippen LogP contribution in [0.15, 0.2) is 57.7 Å². The number of likely N-dealkylation sites (tertiary alicyclic amines) is 1. The van der Waals surface area contributed by atoms with Gasteiger partial charge in [0.25, 0.3) is 5.91 Å². The monoisotopic (exact) mass is 363 g/mol. The van der Waals surface area contributed by atoms with Gasteiger partial charge in [0, 0.05) is 24.2 Å². The van der Waals surface area contributed by atoms with E-state index < -0.39 is 0 Å². The van der Waals surface area contributed by atoms with E-state index in [1.54, 1.807) is 30.0 Å². The Morgan fingerprint density at radius 3 is 2.48 bits per heavy atom. The van der Waals surface area contributed by atoms with Crippen LogP contribution in [-0.2, 0) is 0 Å². The maximum Gasteiger partial charge on any atom is 0.257 e. The molecule has 0 atom stereocenters. The minimum absolute atomic E-state index is 0.126. The van der Waals surface area contributed by atoms with Crippen LogP contribution >= 0.6 is 0 Å². The van der Waals surface area contributed by atoms with Crippen LogP contribution in [0.4, 0.5) is 0 Å². The van der Waals surface area contributed by atoms with Gasteiger partial charge in [-0.3, -0.25) is 9.59 Å². The molecule has 0 unspecified atom stereocenters. The van der Waals surface area contributed by atoms with Crippen LogP contribution in [0, 0.1) is 6.92 Å². The fraction of sp³-hybridized carbons (Fsp3) is 0.273. The molecule has 1 saturated heterocycles. The number of para-hydroxylation sites is 1. The maximum absolute atomic E-state index is 13.0. The molecule has 5 heteroatoms. The number of amides is 1. The number of carbonyl (C=O) groups excluding carboxylic acids is 1. The number of piperidine rings is 1. The maximum atomic E-state index is 13.0. The summed E-state index contributed by atoms with van der Waals surface area (Å²) in [6.45, 7) is 2.74. The number of hydrogen-bond acceptors (Lipinski definition) is 4. The Bertz CT molecular complexity index is 1050. The first-order chi connectivity index (χ1) is 13.1. The van der Waals surface area contributed by atoms with Crippen LogP contribution in [0.5, 0.6) is 0 Å². The van der Waals surface area contributed by atoms with E-state index >= 15 is 0 Å². The zero-order valence-electron chi connectivity index (χ0n) is 15.1. The van der Waals surface area contributed by atoms with Crippen molar-refractivity contribution >= 4 is 16.9 Å². The zero-order valence-corrected chi connectivity index (χ0v) is 15.1. The number of rotatable bonds is 2. The van der Waals surface area contributed by atoms with Gasteiger partial charge in [0.1, 0.15) is 5.76 Å². The van der Waals surface area contributed by atoms with E-state index in [4.69, 9.17) is 4.42 Å². The van der Waals surface area contributed by atoms with E-state index in [9.17, 15) is 14.7 Å². The quantitative estimate of drug-likeness (QED) is 0.758. The third-order valence-corrected chi connectivity index (χ3v) is 5.16. The molecular weight excluding hydrogens is 342 g/mol. The molecule has 3 aromatic rings. The number of nitrogens with zero attached hydrogens (tertiary/aromatic N) is 1. The summed E-state index contributed by atoms with van der Waals surface area (Å²) in [5, 5.41) is 10.1. The topological polar surface area (TPSA) is 70.8 Å². The highest BCUT2D eigenvalue weighted by Gasteiger charge is 2.25. The molecule has 1 fully saturated rings. The predicted octanol–water partition coefficient (Wildman–Crippen LogP) is 3.37. The smallest absolute Gasteiger partial charge is 0.257 e. The van der Waals surface area contributed by atoms with Gasteiger partial charge in [-0.15, -0.1) is 0 Å². The van der Waals surface area contributed by atoms with Crippen molar-refractivity contribution in [3.05, 3.63) is 69.9 Å². The molecule has 4 rings (SSSR count). The van der Waals surface area contributed by atoms with Gasteiger partial charge in [-0.25, -0.2) is 0 Å². The second kappa shape index (κ2) is 7.00. The predicted molar refractivity (Wildman–Crippen MR) is 104 cm³/mol. The Morgan fingerprint density at radius 2 is 1.78 bits per heavy atom. The minimum atomic E-state index is -0.355. The van der Waals surface area contributed by atoms with Gasteiger partial charge in [-0.1, -0.05) is 36.4 Å². The summed E-state index contributed by atoms with van der Waals surface area (Å²) in [5.41, 5.74) is 1.91. The largest absolute Gasteiger partial charge is 0.455 e. The van der Waals surface area contributed by atoms with E-state index in [2.05, 4.69) is 0 Å². The van der Waals surface area contributed by atoms with Crippen LogP contribution in [0.2, 0.25) is 0 Å². The van der Waals surface area contributed by atoms with E-state index in [-0.39, 0.29) is 17.4 Å². The van der Waals surface area contributed by atoms with Gasteiger partial charge in [-0.2, -0.15) is 0 Å². The molecule has 1 amide bonds. The first-order valence-electron chi connectivity index (χ1n) is 9.15. The minimum Gasteiger partial charge on any atom is -0.455 e. The molecule has 0 radical (unpaired) electrons. The molecule has 0 bridgehead atoms. The van der Waals surface area contributed by atoms with Crippen molar-refractivity contribution in [2.24, 2.45) is 0 Å². The van der Waals surface area contributed by atoms with E-state index in [0.717, 1.165) is 5.56 Å². The van der Waals surface area contributed by atoms with Crippen LogP contribution in [0.3, 0.4) is 0 Å². The summed E-state index contributed by atoms with van der Waals surface area (Å²) >= 11 is 0. The number of aliphatic hydroxyl groups is 1. The first-order valence-corrected chi connectivity index (χ1v) is 9.15. The van der Waals surface area contributed by atoms with Gasteiger partial charge in [-0.05, 0) is 31.9 Å². The van der Waals surface area contributed by atoms with E-state index in [0.29, 0.717) is 53.8 Å². The Labute approximate surface area is 156 Å². The molecule has 138 valence electrons. The molecule has 2 aromatic carbocycles. The first kappa shape index (κ1) is 17.5. The van der Waals surface area contributed by atoms with Crippen LogP contribution in [0.25, 0.3) is 22.3 Å². The number of fused-ring (bicyclic) bond motifs is 1. The molecule has 1 N–H and O–H groups in total. The molecule has 0 spiro atoms. The van der Waals surface area contributed by atoms with Crippen LogP contribution in [0.1, 0.15) is 28.8 Å². The lowest BCUT2D eigenvalue weighted by Gasteiger charge is -2.29. The average molecular weight is 363 g/mol. The van der Waals surface area contributed by atoms with Gasteiger partial charge < -0.3 is 14.4 Å². The summed E-state index contributed by atoms with van der Waals surface area (Å²) < 4.78 is 6.13. The molecule has 2 heterocycles. The number of hydrogen-bond donors (Lipinski definition) is 1. The van der Waals surface area contributed by atoms with Crippen molar-refractivity contribution in [1.82, 2.24) is 4.90 Å². The molecule has 5 nitrogen and oxygen atoms in total. The summed E-state index contributed by atoms with van der Waals surface area (Å²) in [7, 11) is 0. The molecule has 0 aliphatic carbocycles. The number of benzene rings is 2. The molecule has 1 aliphatic heterocycles. The highest BCUT2D eigenvalue weighted by Crippen LogP contribution is 2.28. The van der Waals surface area contributed by atoms with Crippen molar-refractivity contribution < 1.29 is 14.3 Å². The lowest BCUT2D eigenvalue weighted by Crippen LogP contribution is -2.40. The Morgan fingerprint density at radius 1 is 1.07 bits per heavy atom. The second-order valence-electron chi connectivity index (χ2n) is 6.96. The number of carbonyl (C=O) groups is 1. The fourth-order valence-electron chi connectivity index (χ4n) is 3.58. The van der Waals surface area contributed by atoms with Crippen molar-refractivity contribution in [2.45, 2.75) is 25.9 Å². The third-order valence-electron chi connectivity index (χ3n) is 5.16. The van der Waals surface area contributed by atoms with Crippen molar-refractivity contribution in [3.8, 4) is 11.3 Å².